The van der Waals surface area contributed by atoms with Crippen LogP contribution in [0.3, 0.4) is 0 Å². The summed E-state index contributed by atoms with van der Waals surface area (Å²) in [4.78, 5) is 5.08. The lowest BCUT2D eigenvalue weighted by atomic mass is 9.45. The second-order valence-corrected chi connectivity index (χ2v) is 16.2. The van der Waals surface area contributed by atoms with Crippen LogP contribution >= 0.6 is 0 Å². The number of furan rings is 2. The highest BCUT2D eigenvalue weighted by Gasteiger charge is 2.49. The Kier molecular flexibility index (Phi) is 8.32. The maximum atomic E-state index is 7.23. The Morgan fingerprint density at radius 1 is 0.552 bits per heavy atom. The molecule has 2 aliphatic rings. The van der Waals surface area contributed by atoms with Gasteiger partial charge in [0.2, 0.25) is 0 Å². The molecule has 0 N–H and O–H groups in total. The van der Waals surface area contributed by atoms with Crippen molar-refractivity contribution in [1.29, 1.82) is 0 Å². The first-order valence-corrected chi connectivity index (χ1v) is 21.1. The summed E-state index contributed by atoms with van der Waals surface area (Å²) >= 11 is 0. The molecule has 282 valence electrons. The van der Waals surface area contributed by atoms with E-state index >= 15 is 0 Å². The molecule has 5 heteroatoms. The zero-order valence-corrected chi connectivity index (χ0v) is 33.4. The largest absolute Gasteiger partial charge is 0.466 e. The molecule has 0 atom stereocenters. The van der Waals surface area contributed by atoms with Gasteiger partial charge in [0, 0.05) is 44.3 Å². The highest BCUT2D eigenvalue weighted by Crippen LogP contribution is 2.53. The summed E-state index contributed by atoms with van der Waals surface area (Å²) in [5.41, 5.74) is 19.4. The summed E-state index contributed by atoms with van der Waals surface area (Å²) < 4.78 is 13.8. The highest BCUT2D eigenvalue weighted by molar-refractivity contribution is 6.93. The lowest BCUT2D eigenvalue weighted by molar-refractivity contribution is 0.650. The van der Waals surface area contributed by atoms with E-state index in [1.807, 2.05) is 0 Å². The lowest BCUT2D eigenvalue weighted by Crippen LogP contribution is -2.61. The Hall–Kier alpha value is -6.46. The summed E-state index contributed by atoms with van der Waals surface area (Å²) in [6.45, 7) is 6.55. The summed E-state index contributed by atoms with van der Waals surface area (Å²) in [6, 6.07) is 53.6. The average molecular weight is 753 g/mol. The van der Waals surface area contributed by atoms with Crippen LogP contribution in [0.4, 0.5) is 28.4 Å². The molecule has 0 fully saturated rings. The van der Waals surface area contributed by atoms with E-state index in [0.29, 0.717) is 0 Å². The van der Waals surface area contributed by atoms with Gasteiger partial charge in [0.25, 0.3) is 0 Å². The second-order valence-electron chi connectivity index (χ2n) is 16.2. The van der Waals surface area contributed by atoms with Crippen molar-refractivity contribution in [2.75, 3.05) is 9.71 Å². The van der Waals surface area contributed by atoms with E-state index in [2.05, 4.69) is 176 Å². The van der Waals surface area contributed by atoms with Crippen molar-refractivity contribution in [3.05, 3.63) is 162 Å². The SMILES string of the molecule is CCCCc1ccc(N2B3c4oc5ccccc5c4N(c4ccc(CCCC)cc4-c4ccccc4)c4cc(C)cc(c43)-c3c2ccc2oc4ccccc4c32)cc1. The Bertz CT molecular complexity index is 3010. The predicted octanol–water partition coefficient (Wildman–Crippen LogP) is 13.7. The van der Waals surface area contributed by atoms with Crippen LogP contribution in [-0.2, 0) is 12.8 Å². The van der Waals surface area contributed by atoms with E-state index in [-0.39, 0.29) is 6.85 Å². The Balaban J connectivity index is 1.26. The van der Waals surface area contributed by atoms with Gasteiger partial charge in [0.1, 0.15) is 22.4 Å². The van der Waals surface area contributed by atoms with Gasteiger partial charge in [-0.3, -0.25) is 0 Å². The number of fused-ring (bicyclic) bond motifs is 10. The fraction of sp³-hybridized carbons (Fsp3) is 0.170. The molecule has 0 radical (unpaired) electrons. The number of unbranched alkanes of at least 4 members (excludes halogenated alkanes) is 2. The Morgan fingerprint density at radius 3 is 2.00 bits per heavy atom. The minimum atomic E-state index is -0.224. The molecule has 2 aromatic heterocycles. The third kappa shape index (κ3) is 5.36. The number of hydrogen-bond donors (Lipinski definition) is 0. The molecule has 11 rings (SSSR count). The van der Waals surface area contributed by atoms with E-state index in [1.54, 1.807) is 0 Å². The first kappa shape index (κ1) is 34.8. The maximum Gasteiger partial charge on any atom is 0.375 e. The molecule has 0 aliphatic carbocycles. The first-order valence-electron chi connectivity index (χ1n) is 21.1. The number of rotatable bonds is 9. The van der Waals surface area contributed by atoms with Crippen molar-refractivity contribution >= 4 is 79.3 Å². The smallest absolute Gasteiger partial charge is 0.375 e. The minimum Gasteiger partial charge on any atom is -0.466 e. The monoisotopic (exact) mass is 752 g/mol. The number of nitrogens with zero attached hydrogens (tertiary/aromatic N) is 2. The van der Waals surface area contributed by atoms with Crippen LogP contribution in [0.2, 0.25) is 0 Å². The molecule has 58 heavy (non-hydrogen) atoms. The molecule has 7 aromatic carbocycles. The van der Waals surface area contributed by atoms with Gasteiger partial charge in [-0.1, -0.05) is 112 Å². The molecule has 0 saturated heterocycles. The molecule has 0 unspecified atom stereocenters. The van der Waals surface area contributed by atoms with Crippen molar-refractivity contribution in [3.63, 3.8) is 0 Å². The number of para-hydroxylation sites is 2. The number of anilines is 5. The zero-order chi connectivity index (χ0) is 38.9. The molecule has 4 nitrogen and oxygen atoms in total. The maximum absolute atomic E-state index is 7.23. The Labute approximate surface area is 340 Å². The van der Waals surface area contributed by atoms with Crippen LogP contribution in [0.15, 0.2) is 154 Å². The van der Waals surface area contributed by atoms with Gasteiger partial charge >= 0.3 is 6.85 Å². The molecule has 2 aliphatic heterocycles. The molecule has 0 saturated carbocycles. The van der Waals surface area contributed by atoms with Crippen molar-refractivity contribution in [3.8, 4) is 22.3 Å². The fourth-order valence-corrected chi connectivity index (χ4v) is 9.75. The summed E-state index contributed by atoms with van der Waals surface area (Å²) in [7, 11) is 0. The quantitative estimate of drug-likeness (QED) is 0.137. The van der Waals surface area contributed by atoms with E-state index < -0.39 is 0 Å². The number of benzene rings is 7. The van der Waals surface area contributed by atoms with Crippen molar-refractivity contribution < 1.29 is 8.83 Å². The van der Waals surface area contributed by atoms with E-state index in [1.165, 1.54) is 62.9 Å². The highest BCUT2D eigenvalue weighted by atomic mass is 16.3. The number of hydrogen-bond acceptors (Lipinski definition) is 4. The Morgan fingerprint density at radius 2 is 1.22 bits per heavy atom. The lowest BCUT2D eigenvalue weighted by Gasteiger charge is -2.44. The molecular formula is C53H45BN2O2. The molecule has 0 spiro atoms. The van der Waals surface area contributed by atoms with Gasteiger partial charge in [-0.2, -0.15) is 0 Å². The summed E-state index contributed by atoms with van der Waals surface area (Å²) in [5, 5.41) is 3.39. The predicted molar refractivity (Wildman–Crippen MR) is 245 cm³/mol. The van der Waals surface area contributed by atoms with E-state index in [4.69, 9.17) is 8.83 Å². The molecule has 4 heterocycles. The summed E-state index contributed by atoms with van der Waals surface area (Å²) in [5.74, 6) is 0. The molecule has 9 aromatic rings. The zero-order valence-electron chi connectivity index (χ0n) is 33.4. The minimum absolute atomic E-state index is 0.224. The van der Waals surface area contributed by atoms with Gasteiger partial charge in [0.15, 0.2) is 0 Å². The summed E-state index contributed by atoms with van der Waals surface area (Å²) in [6.07, 6.45) is 6.81. The van der Waals surface area contributed by atoms with E-state index in [9.17, 15) is 0 Å². The van der Waals surface area contributed by atoms with Crippen LogP contribution in [-0.4, -0.2) is 6.85 Å². The standard InChI is InChI=1S/C53H45BN2O2/c1-4-6-15-35-23-26-38(27-24-35)56-44-29-30-48-50(39-19-11-13-21-46(39)57-48)49(44)42-31-34(3)32-45-51(42)54(56)53-52(40-20-12-14-22-47(40)58-53)55(45)43-28-25-36(16-7-5-2)33-41(43)37-17-9-8-10-18-37/h8-14,17-33H,4-7,15-16H2,1-3H3. The third-order valence-electron chi connectivity index (χ3n) is 12.4. The van der Waals surface area contributed by atoms with Gasteiger partial charge in [-0.25, -0.2) is 0 Å². The third-order valence-corrected chi connectivity index (χ3v) is 12.4. The van der Waals surface area contributed by atoms with Crippen LogP contribution in [0.5, 0.6) is 0 Å². The van der Waals surface area contributed by atoms with Crippen molar-refractivity contribution in [1.82, 2.24) is 0 Å². The van der Waals surface area contributed by atoms with E-state index in [0.717, 1.165) is 87.0 Å². The number of aryl methyl sites for hydroxylation is 3. The van der Waals surface area contributed by atoms with Gasteiger partial charge in [-0.05, 0) is 127 Å². The van der Waals surface area contributed by atoms with Crippen LogP contribution in [0.25, 0.3) is 55.2 Å². The first-order chi connectivity index (χ1) is 28.6. The molecule has 0 bridgehead atoms. The van der Waals surface area contributed by atoms with Gasteiger partial charge < -0.3 is 18.5 Å². The average Bonchev–Trinajstić information content (AvgIpc) is 3.84. The molecular weight excluding hydrogens is 707 g/mol. The van der Waals surface area contributed by atoms with Gasteiger partial charge in [-0.15, -0.1) is 0 Å². The van der Waals surface area contributed by atoms with Crippen LogP contribution in [0.1, 0.15) is 56.2 Å². The van der Waals surface area contributed by atoms with Crippen molar-refractivity contribution in [2.24, 2.45) is 0 Å². The van der Waals surface area contributed by atoms with Crippen molar-refractivity contribution in [2.45, 2.75) is 59.3 Å². The van der Waals surface area contributed by atoms with Gasteiger partial charge in [0.05, 0.1) is 11.4 Å². The molecule has 0 amide bonds. The topological polar surface area (TPSA) is 32.8 Å². The van der Waals surface area contributed by atoms with Crippen LogP contribution in [0, 0.1) is 6.92 Å². The fourth-order valence-electron chi connectivity index (χ4n) is 9.75. The second kappa shape index (κ2) is 13.9. The normalized spacial score (nSPS) is 13.1. The van der Waals surface area contributed by atoms with Crippen LogP contribution < -0.4 is 20.8 Å².